The number of nitrogens with two attached hydrogens (primary N) is 1. The Morgan fingerprint density at radius 1 is 1.50 bits per heavy atom. The highest BCUT2D eigenvalue weighted by Crippen LogP contribution is 2.08. The number of aryl methyl sites for hydroxylation is 2. The summed E-state index contributed by atoms with van der Waals surface area (Å²) in [7, 11) is 0. The van der Waals surface area contributed by atoms with Crippen LogP contribution in [0.1, 0.15) is 32.4 Å². The third-order valence-electron chi connectivity index (χ3n) is 1.95. The first-order chi connectivity index (χ1) is 5.77. The van der Waals surface area contributed by atoms with Crippen molar-refractivity contribution in [3.05, 3.63) is 11.8 Å². The highest BCUT2D eigenvalue weighted by Gasteiger charge is 2.01. The molecule has 0 amide bonds. The molecule has 0 aromatic carbocycles. The molecule has 3 heteroatoms. The molecule has 0 saturated heterocycles. The normalized spacial score (nSPS) is 10.5. The number of anilines is 1. The zero-order valence-corrected chi connectivity index (χ0v) is 7.88. The van der Waals surface area contributed by atoms with Crippen LogP contribution in [0.2, 0.25) is 0 Å². The molecule has 0 spiro atoms. The molecule has 0 radical (unpaired) electrons. The van der Waals surface area contributed by atoms with Gasteiger partial charge in [0.25, 0.3) is 0 Å². The van der Waals surface area contributed by atoms with Gasteiger partial charge in [0, 0.05) is 12.6 Å². The van der Waals surface area contributed by atoms with Gasteiger partial charge in [-0.3, -0.25) is 4.68 Å². The first kappa shape index (κ1) is 9.10. The Labute approximate surface area is 73.6 Å². The first-order valence-corrected chi connectivity index (χ1v) is 4.60. The van der Waals surface area contributed by atoms with Crippen LogP contribution in [0.3, 0.4) is 0 Å². The zero-order chi connectivity index (χ0) is 8.97. The summed E-state index contributed by atoms with van der Waals surface area (Å²) in [5, 5.41) is 4.36. The van der Waals surface area contributed by atoms with Crippen LogP contribution in [0.25, 0.3) is 0 Å². The number of nitrogen functional groups attached to an aromatic ring is 1. The van der Waals surface area contributed by atoms with E-state index in [0.29, 0.717) is 0 Å². The van der Waals surface area contributed by atoms with Crippen molar-refractivity contribution >= 4 is 5.82 Å². The second kappa shape index (κ2) is 4.14. The van der Waals surface area contributed by atoms with Crippen molar-refractivity contribution in [2.75, 3.05) is 5.73 Å². The van der Waals surface area contributed by atoms with E-state index >= 15 is 0 Å². The summed E-state index contributed by atoms with van der Waals surface area (Å²) in [5.41, 5.74) is 6.85. The summed E-state index contributed by atoms with van der Waals surface area (Å²) in [5.74, 6) is 0.781. The van der Waals surface area contributed by atoms with Gasteiger partial charge >= 0.3 is 0 Å². The lowest BCUT2D eigenvalue weighted by Gasteiger charge is -1.96. The Morgan fingerprint density at radius 3 is 2.75 bits per heavy atom. The summed E-state index contributed by atoms with van der Waals surface area (Å²) < 4.78 is 1.84. The van der Waals surface area contributed by atoms with Gasteiger partial charge in [-0.15, -0.1) is 0 Å². The highest BCUT2D eigenvalue weighted by atomic mass is 15.3. The number of hydrogen-bond donors (Lipinski definition) is 1. The van der Waals surface area contributed by atoms with Gasteiger partial charge < -0.3 is 5.73 Å². The van der Waals surface area contributed by atoms with Crippen molar-refractivity contribution < 1.29 is 0 Å². The summed E-state index contributed by atoms with van der Waals surface area (Å²) in [6.07, 6.45) is 3.45. The average Bonchev–Trinajstić information content (AvgIpc) is 2.43. The van der Waals surface area contributed by atoms with E-state index in [1.54, 1.807) is 0 Å². The van der Waals surface area contributed by atoms with Crippen molar-refractivity contribution in [2.24, 2.45) is 0 Å². The number of aromatic nitrogens is 2. The van der Waals surface area contributed by atoms with Crippen LogP contribution in [-0.2, 0) is 13.0 Å². The van der Waals surface area contributed by atoms with Gasteiger partial charge in [0.2, 0.25) is 0 Å². The van der Waals surface area contributed by atoms with Crippen molar-refractivity contribution in [3.63, 3.8) is 0 Å². The van der Waals surface area contributed by atoms with Crippen molar-refractivity contribution in [1.82, 2.24) is 9.78 Å². The molecule has 1 aromatic heterocycles. The zero-order valence-electron chi connectivity index (χ0n) is 7.88. The maximum Gasteiger partial charge on any atom is 0.121 e. The Morgan fingerprint density at radius 2 is 2.25 bits per heavy atom. The summed E-state index contributed by atoms with van der Waals surface area (Å²) in [6, 6.07) is 1.97. The molecular formula is C9H17N3. The Hall–Kier alpha value is -0.990. The first-order valence-electron chi connectivity index (χ1n) is 4.60. The van der Waals surface area contributed by atoms with E-state index in [0.717, 1.165) is 24.5 Å². The molecule has 0 aliphatic heterocycles. The highest BCUT2D eigenvalue weighted by molar-refractivity contribution is 5.30. The molecule has 0 unspecified atom stereocenters. The van der Waals surface area contributed by atoms with Crippen LogP contribution in [-0.4, -0.2) is 9.78 Å². The lowest BCUT2D eigenvalue weighted by molar-refractivity contribution is 0.647. The Bertz CT molecular complexity index is 240. The largest absolute Gasteiger partial charge is 0.384 e. The molecule has 1 heterocycles. The smallest absolute Gasteiger partial charge is 0.121 e. The van der Waals surface area contributed by atoms with Crippen LogP contribution < -0.4 is 5.73 Å². The van der Waals surface area contributed by atoms with Crippen LogP contribution >= 0.6 is 0 Å². The maximum atomic E-state index is 5.72. The fourth-order valence-electron chi connectivity index (χ4n) is 1.22. The molecule has 0 aliphatic carbocycles. The molecule has 0 saturated carbocycles. The molecule has 3 nitrogen and oxygen atoms in total. The topological polar surface area (TPSA) is 43.8 Å². The monoisotopic (exact) mass is 167 g/mol. The number of unbranched alkanes of at least 4 members (excludes halogenated alkanes) is 1. The van der Waals surface area contributed by atoms with Gasteiger partial charge in [0.15, 0.2) is 0 Å². The minimum absolute atomic E-state index is 0.781. The predicted octanol–water partition coefficient (Wildman–Crippen LogP) is 1.83. The van der Waals surface area contributed by atoms with E-state index in [2.05, 4.69) is 12.0 Å². The van der Waals surface area contributed by atoms with Gasteiger partial charge in [-0.1, -0.05) is 13.3 Å². The Kier molecular flexibility index (Phi) is 3.14. The van der Waals surface area contributed by atoms with Crippen molar-refractivity contribution in [3.8, 4) is 0 Å². The number of nitrogens with zero attached hydrogens (tertiary/aromatic N) is 2. The summed E-state index contributed by atoms with van der Waals surface area (Å²) >= 11 is 0. The molecule has 0 aliphatic rings. The average molecular weight is 167 g/mol. The van der Waals surface area contributed by atoms with E-state index in [-0.39, 0.29) is 0 Å². The molecule has 0 fully saturated rings. The molecule has 0 bridgehead atoms. The fourth-order valence-corrected chi connectivity index (χ4v) is 1.22. The Balaban J connectivity index is 2.62. The van der Waals surface area contributed by atoms with Crippen molar-refractivity contribution in [2.45, 2.75) is 39.7 Å². The minimum atomic E-state index is 0.781. The van der Waals surface area contributed by atoms with E-state index in [1.165, 1.54) is 12.8 Å². The molecule has 0 atom stereocenters. The van der Waals surface area contributed by atoms with E-state index in [1.807, 2.05) is 17.7 Å². The van der Waals surface area contributed by atoms with Crippen LogP contribution in [0, 0.1) is 0 Å². The quantitative estimate of drug-likeness (QED) is 0.743. The maximum absolute atomic E-state index is 5.72. The summed E-state index contributed by atoms with van der Waals surface area (Å²) in [6.45, 7) is 5.09. The molecule has 1 rings (SSSR count). The second-order valence-electron chi connectivity index (χ2n) is 2.98. The summed E-state index contributed by atoms with van der Waals surface area (Å²) in [4.78, 5) is 0. The lowest BCUT2D eigenvalue weighted by Crippen LogP contribution is -2.01. The van der Waals surface area contributed by atoms with Gasteiger partial charge in [0.1, 0.15) is 5.82 Å². The minimum Gasteiger partial charge on any atom is -0.384 e. The number of hydrogen-bond acceptors (Lipinski definition) is 2. The van der Waals surface area contributed by atoms with Gasteiger partial charge in [0.05, 0.1) is 5.69 Å². The van der Waals surface area contributed by atoms with Gasteiger partial charge in [-0.25, -0.2) is 0 Å². The van der Waals surface area contributed by atoms with Crippen LogP contribution in [0.5, 0.6) is 0 Å². The van der Waals surface area contributed by atoms with E-state index in [9.17, 15) is 0 Å². The lowest BCUT2D eigenvalue weighted by atomic mass is 10.2. The third-order valence-corrected chi connectivity index (χ3v) is 1.95. The fraction of sp³-hybridized carbons (Fsp3) is 0.667. The molecular weight excluding hydrogens is 150 g/mol. The predicted molar refractivity (Wildman–Crippen MR) is 50.9 cm³/mol. The van der Waals surface area contributed by atoms with Crippen LogP contribution in [0.4, 0.5) is 5.82 Å². The van der Waals surface area contributed by atoms with Gasteiger partial charge in [-0.05, 0) is 19.8 Å². The second-order valence-corrected chi connectivity index (χ2v) is 2.98. The van der Waals surface area contributed by atoms with E-state index < -0.39 is 0 Å². The third kappa shape index (κ3) is 2.00. The molecule has 68 valence electrons. The van der Waals surface area contributed by atoms with Crippen molar-refractivity contribution in [1.29, 1.82) is 0 Å². The van der Waals surface area contributed by atoms with Crippen LogP contribution in [0.15, 0.2) is 6.07 Å². The molecule has 12 heavy (non-hydrogen) atoms. The number of rotatable bonds is 4. The molecule has 2 N–H and O–H groups in total. The standard InChI is InChI=1S/C9H17N3/c1-3-5-6-8-7-9(10)12(4-2)11-8/h7H,3-6,10H2,1-2H3. The SMILES string of the molecule is CCCCc1cc(N)n(CC)n1. The molecule has 1 aromatic rings. The van der Waals surface area contributed by atoms with Gasteiger partial charge in [-0.2, -0.15) is 5.10 Å². The van der Waals surface area contributed by atoms with E-state index in [4.69, 9.17) is 5.73 Å².